The van der Waals surface area contributed by atoms with Crippen LogP contribution in [0.4, 0.5) is 0 Å². The summed E-state index contributed by atoms with van der Waals surface area (Å²) in [7, 11) is 0. The number of carbonyl (C=O) groups excluding carboxylic acids is 1. The molecular formula is C15H20N2OS. The van der Waals surface area contributed by atoms with Gasteiger partial charge < -0.3 is 10.6 Å². The maximum absolute atomic E-state index is 12.6. The summed E-state index contributed by atoms with van der Waals surface area (Å²) in [4.78, 5) is 15.0. The zero-order chi connectivity index (χ0) is 14.0. The van der Waals surface area contributed by atoms with E-state index >= 15 is 0 Å². The van der Waals surface area contributed by atoms with Crippen molar-refractivity contribution in [2.45, 2.75) is 45.2 Å². The van der Waals surface area contributed by atoms with E-state index in [2.05, 4.69) is 13.8 Å². The molecule has 19 heavy (non-hydrogen) atoms. The summed E-state index contributed by atoms with van der Waals surface area (Å²) in [6, 6.07) is 7.96. The van der Waals surface area contributed by atoms with Crippen molar-refractivity contribution < 1.29 is 4.79 Å². The zero-order valence-electron chi connectivity index (χ0n) is 11.4. The van der Waals surface area contributed by atoms with Crippen LogP contribution in [0.1, 0.15) is 49.0 Å². The van der Waals surface area contributed by atoms with Crippen LogP contribution >= 0.6 is 12.2 Å². The molecule has 0 aliphatic carbocycles. The quantitative estimate of drug-likeness (QED) is 0.863. The van der Waals surface area contributed by atoms with E-state index in [9.17, 15) is 4.79 Å². The average molecular weight is 276 g/mol. The van der Waals surface area contributed by atoms with Crippen LogP contribution in [0.15, 0.2) is 24.3 Å². The van der Waals surface area contributed by atoms with Crippen molar-refractivity contribution in [2.24, 2.45) is 5.73 Å². The highest BCUT2D eigenvalue weighted by Gasteiger charge is 2.33. The van der Waals surface area contributed by atoms with Gasteiger partial charge in [-0.2, -0.15) is 0 Å². The van der Waals surface area contributed by atoms with Gasteiger partial charge in [0.15, 0.2) is 0 Å². The third-order valence-corrected chi connectivity index (χ3v) is 4.14. The van der Waals surface area contributed by atoms with Crippen molar-refractivity contribution in [1.82, 2.24) is 4.90 Å². The summed E-state index contributed by atoms with van der Waals surface area (Å²) in [5.41, 5.74) is 7.08. The number of hydrogen-bond donors (Lipinski definition) is 1. The van der Waals surface area contributed by atoms with Gasteiger partial charge in [0.25, 0.3) is 5.91 Å². The summed E-state index contributed by atoms with van der Waals surface area (Å²) < 4.78 is 0. The molecule has 1 heterocycles. The van der Waals surface area contributed by atoms with Gasteiger partial charge in [0, 0.05) is 23.2 Å². The minimum Gasteiger partial charge on any atom is -0.389 e. The van der Waals surface area contributed by atoms with Crippen LogP contribution in [0.5, 0.6) is 0 Å². The van der Waals surface area contributed by atoms with E-state index in [1.165, 1.54) is 0 Å². The number of nitrogens with two attached hydrogens (primary N) is 1. The molecule has 0 spiro atoms. The second kappa shape index (κ2) is 5.70. The molecule has 1 aliphatic rings. The molecule has 1 amide bonds. The lowest BCUT2D eigenvalue weighted by atomic mass is 10.1. The fraction of sp³-hybridized carbons (Fsp3) is 0.467. The smallest absolute Gasteiger partial charge is 0.254 e. The fourth-order valence-electron chi connectivity index (χ4n) is 2.76. The van der Waals surface area contributed by atoms with Gasteiger partial charge in [-0.15, -0.1) is 0 Å². The second-order valence-corrected chi connectivity index (χ2v) is 5.58. The fourth-order valence-corrected chi connectivity index (χ4v) is 2.90. The lowest BCUT2D eigenvalue weighted by Gasteiger charge is -2.28. The largest absolute Gasteiger partial charge is 0.389 e. The molecule has 4 heteroatoms. The molecule has 1 fully saturated rings. The number of benzene rings is 1. The van der Waals surface area contributed by atoms with E-state index in [0.717, 1.165) is 24.8 Å². The SMILES string of the molecule is CCC1CCC(C)N1C(=O)c1ccc(C(N)=S)cc1. The minimum atomic E-state index is 0.117. The molecule has 1 aromatic rings. The van der Waals surface area contributed by atoms with Gasteiger partial charge >= 0.3 is 0 Å². The molecule has 0 aromatic heterocycles. The monoisotopic (exact) mass is 276 g/mol. The van der Waals surface area contributed by atoms with Crippen LogP contribution in [0.2, 0.25) is 0 Å². The van der Waals surface area contributed by atoms with Gasteiger partial charge in [0.1, 0.15) is 4.99 Å². The topological polar surface area (TPSA) is 46.3 Å². The van der Waals surface area contributed by atoms with E-state index in [1.807, 2.05) is 29.2 Å². The van der Waals surface area contributed by atoms with Crippen LogP contribution in [0.25, 0.3) is 0 Å². The Morgan fingerprint density at radius 3 is 2.42 bits per heavy atom. The standard InChI is InChI=1S/C15H20N2OS/c1-3-13-9-4-10(2)17(13)15(18)12-7-5-11(6-8-12)14(16)19/h5-8,10,13H,3-4,9H2,1-2H3,(H2,16,19). The molecule has 0 saturated carbocycles. The maximum atomic E-state index is 12.6. The van der Waals surface area contributed by atoms with Crippen molar-refractivity contribution in [2.75, 3.05) is 0 Å². The molecule has 1 aromatic carbocycles. The van der Waals surface area contributed by atoms with Gasteiger partial charge in [-0.1, -0.05) is 31.3 Å². The first-order chi connectivity index (χ1) is 9.04. The highest BCUT2D eigenvalue weighted by molar-refractivity contribution is 7.80. The van der Waals surface area contributed by atoms with Gasteiger partial charge in [-0.3, -0.25) is 4.79 Å². The molecule has 2 atom stereocenters. The van der Waals surface area contributed by atoms with E-state index < -0.39 is 0 Å². The van der Waals surface area contributed by atoms with Gasteiger partial charge in [0.05, 0.1) is 0 Å². The van der Waals surface area contributed by atoms with Crippen LogP contribution in [0, 0.1) is 0 Å². The van der Waals surface area contributed by atoms with E-state index in [4.69, 9.17) is 18.0 Å². The summed E-state index contributed by atoms with van der Waals surface area (Å²) in [5.74, 6) is 0.117. The van der Waals surface area contributed by atoms with E-state index in [0.29, 0.717) is 22.6 Å². The van der Waals surface area contributed by atoms with Gasteiger partial charge in [0.2, 0.25) is 0 Å². The van der Waals surface area contributed by atoms with Crippen LogP contribution in [0.3, 0.4) is 0 Å². The highest BCUT2D eigenvalue weighted by Crippen LogP contribution is 2.27. The minimum absolute atomic E-state index is 0.117. The Bertz CT molecular complexity index is 483. The van der Waals surface area contributed by atoms with Crippen molar-refractivity contribution >= 4 is 23.1 Å². The Balaban J connectivity index is 2.21. The normalized spacial score (nSPS) is 22.5. The predicted molar refractivity (Wildman–Crippen MR) is 81.3 cm³/mol. The molecule has 0 radical (unpaired) electrons. The summed E-state index contributed by atoms with van der Waals surface area (Å²) in [6.07, 6.45) is 3.21. The van der Waals surface area contributed by atoms with E-state index in [1.54, 1.807) is 0 Å². The van der Waals surface area contributed by atoms with Crippen LogP contribution in [-0.4, -0.2) is 27.9 Å². The molecule has 1 aliphatic heterocycles. The Morgan fingerprint density at radius 1 is 1.32 bits per heavy atom. The number of rotatable bonds is 3. The Hall–Kier alpha value is -1.42. The molecule has 2 rings (SSSR count). The van der Waals surface area contributed by atoms with Crippen LogP contribution < -0.4 is 5.73 Å². The summed E-state index contributed by atoms with van der Waals surface area (Å²) >= 11 is 4.92. The van der Waals surface area contributed by atoms with Crippen LogP contribution in [-0.2, 0) is 0 Å². The van der Waals surface area contributed by atoms with Gasteiger partial charge in [-0.05, 0) is 38.3 Å². The molecule has 102 valence electrons. The summed E-state index contributed by atoms with van der Waals surface area (Å²) in [5, 5.41) is 0. The number of carbonyl (C=O) groups is 1. The molecule has 3 nitrogen and oxygen atoms in total. The van der Waals surface area contributed by atoms with E-state index in [-0.39, 0.29) is 5.91 Å². The highest BCUT2D eigenvalue weighted by atomic mass is 32.1. The molecule has 0 bridgehead atoms. The first-order valence-corrected chi connectivity index (χ1v) is 7.18. The number of thiocarbonyl (C=S) groups is 1. The molecule has 1 saturated heterocycles. The van der Waals surface area contributed by atoms with Crippen molar-refractivity contribution in [3.8, 4) is 0 Å². The number of amides is 1. The van der Waals surface area contributed by atoms with Crippen molar-refractivity contribution in [3.05, 3.63) is 35.4 Å². The predicted octanol–water partition coefficient (Wildman–Crippen LogP) is 2.72. The second-order valence-electron chi connectivity index (χ2n) is 5.14. The lowest BCUT2D eigenvalue weighted by molar-refractivity contribution is 0.0676. The molecule has 2 N–H and O–H groups in total. The first-order valence-electron chi connectivity index (χ1n) is 6.77. The third-order valence-electron chi connectivity index (χ3n) is 3.91. The molecular weight excluding hydrogens is 256 g/mol. The Labute approximate surface area is 119 Å². The zero-order valence-corrected chi connectivity index (χ0v) is 12.2. The Kier molecular flexibility index (Phi) is 4.20. The Morgan fingerprint density at radius 2 is 1.89 bits per heavy atom. The van der Waals surface area contributed by atoms with Crippen molar-refractivity contribution in [1.29, 1.82) is 0 Å². The number of likely N-dealkylation sites (tertiary alicyclic amines) is 1. The lowest BCUT2D eigenvalue weighted by Crippen LogP contribution is -2.39. The maximum Gasteiger partial charge on any atom is 0.254 e. The molecule has 2 unspecified atom stereocenters. The summed E-state index contributed by atoms with van der Waals surface area (Å²) in [6.45, 7) is 4.26. The number of nitrogens with zero attached hydrogens (tertiary/aromatic N) is 1. The third kappa shape index (κ3) is 2.78. The number of hydrogen-bond acceptors (Lipinski definition) is 2. The van der Waals surface area contributed by atoms with Gasteiger partial charge in [-0.25, -0.2) is 0 Å². The van der Waals surface area contributed by atoms with Crippen molar-refractivity contribution in [3.63, 3.8) is 0 Å². The average Bonchev–Trinajstić information content (AvgIpc) is 2.79. The first kappa shape index (κ1) is 14.0.